The molecule has 2 fully saturated rings. The molecule has 3 rings (SSSR count). The molecular formula is C16H17Cl2NO3. The van der Waals surface area contributed by atoms with Gasteiger partial charge in [0, 0.05) is 36.4 Å². The molecule has 0 aliphatic carbocycles. The van der Waals surface area contributed by atoms with Gasteiger partial charge in [-0.05, 0) is 25.0 Å². The van der Waals surface area contributed by atoms with Crippen LogP contribution >= 0.6 is 23.2 Å². The van der Waals surface area contributed by atoms with Crippen molar-refractivity contribution in [2.45, 2.75) is 31.2 Å². The van der Waals surface area contributed by atoms with Crippen molar-refractivity contribution in [1.82, 2.24) is 4.90 Å². The fourth-order valence-electron chi connectivity index (χ4n) is 3.64. The summed E-state index contributed by atoms with van der Waals surface area (Å²) in [5.41, 5.74) is 0.863. The summed E-state index contributed by atoms with van der Waals surface area (Å²) in [4.78, 5) is 25.1. The van der Waals surface area contributed by atoms with Crippen molar-refractivity contribution >= 4 is 35.4 Å². The molecule has 0 N–H and O–H groups in total. The molecule has 0 bridgehead atoms. The lowest BCUT2D eigenvalue weighted by Crippen LogP contribution is -2.42. The van der Waals surface area contributed by atoms with Crippen molar-refractivity contribution in [3.63, 3.8) is 0 Å². The van der Waals surface area contributed by atoms with Gasteiger partial charge in [0.2, 0.25) is 5.91 Å². The zero-order valence-corrected chi connectivity index (χ0v) is 13.7. The summed E-state index contributed by atoms with van der Waals surface area (Å²) < 4.78 is 5.41. The van der Waals surface area contributed by atoms with E-state index in [0.717, 1.165) is 24.7 Å². The van der Waals surface area contributed by atoms with Crippen LogP contribution in [0.2, 0.25) is 10.0 Å². The van der Waals surface area contributed by atoms with Crippen LogP contribution in [-0.4, -0.2) is 36.8 Å². The number of rotatable bonds is 3. The highest BCUT2D eigenvalue weighted by Crippen LogP contribution is 2.45. The van der Waals surface area contributed by atoms with Gasteiger partial charge in [-0.2, -0.15) is 0 Å². The highest BCUT2D eigenvalue weighted by Gasteiger charge is 2.42. The number of hydrogen-bond donors (Lipinski definition) is 0. The molecule has 0 unspecified atom stereocenters. The highest BCUT2D eigenvalue weighted by atomic mass is 35.5. The molecule has 1 aromatic rings. The Morgan fingerprint density at radius 1 is 1.32 bits per heavy atom. The summed E-state index contributed by atoms with van der Waals surface area (Å²) in [7, 11) is 1.60. The number of halogens is 2. The summed E-state index contributed by atoms with van der Waals surface area (Å²) >= 11 is 12.5. The van der Waals surface area contributed by atoms with Gasteiger partial charge in [0.15, 0.2) is 0 Å². The predicted molar refractivity (Wildman–Crippen MR) is 84.7 cm³/mol. The molecule has 2 aliphatic heterocycles. The van der Waals surface area contributed by atoms with Crippen molar-refractivity contribution in [3.8, 4) is 5.75 Å². The SMILES string of the molecule is COc1ccc(Cl)c(Cl)c1[C@H]1C[C@H]2C[C@H](C=O)CC(=O)N2C1. The number of aldehydes is 1. The number of ether oxygens (including phenoxy) is 1. The molecule has 118 valence electrons. The average Bonchev–Trinajstić information content (AvgIpc) is 2.93. The first-order valence-electron chi connectivity index (χ1n) is 7.31. The maximum absolute atomic E-state index is 12.2. The van der Waals surface area contributed by atoms with E-state index in [2.05, 4.69) is 0 Å². The van der Waals surface area contributed by atoms with Crippen LogP contribution in [0.3, 0.4) is 0 Å². The van der Waals surface area contributed by atoms with Gasteiger partial charge in [-0.3, -0.25) is 4.79 Å². The summed E-state index contributed by atoms with van der Waals surface area (Å²) in [5.74, 6) is 0.663. The Hall–Kier alpha value is -1.26. The summed E-state index contributed by atoms with van der Waals surface area (Å²) in [6, 6.07) is 3.61. The minimum absolute atomic E-state index is 0.0490. The minimum Gasteiger partial charge on any atom is -0.496 e. The third kappa shape index (κ3) is 2.59. The molecule has 0 spiro atoms. The molecule has 0 saturated carbocycles. The molecule has 4 nitrogen and oxygen atoms in total. The number of carbonyl (C=O) groups excluding carboxylic acids is 2. The number of carbonyl (C=O) groups is 2. The molecule has 3 atom stereocenters. The second kappa shape index (κ2) is 6.09. The summed E-state index contributed by atoms with van der Waals surface area (Å²) in [5, 5.41) is 0.977. The molecule has 1 aromatic carbocycles. The number of benzene rings is 1. The van der Waals surface area contributed by atoms with Crippen LogP contribution in [0.25, 0.3) is 0 Å². The zero-order chi connectivity index (χ0) is 15.9. The lowest BCUT2D eigenvalue weighted by atomic mass is 9.89. The second-order valence-electron chi connectivity index (χ2n) is 5.95. The van der Waals surface area contributed by atoms with Crippen LogP contribution in [-0.2, 0) is 9.59 Å². The molecule has 0 aromatic heterocycles. The molecule has 0 radical (unpaired) electrons. The average molecular weight is 342 g/mol. The van der Waals surface area contributed by atoms with E-state index in [-0.39, 0.29) is 23.8 Å². The molecular weight excluding hydrogens is 325 g/mol. The van der Waals surface area contributed by atoms with Crippen LogP contribution in [0.1, 0.15) is 30.7 Å². The van der Waals surface area contributed by atoms with Gasteiger partial charge in [0.05, 0.1) is 17.2 Å². The summed E-state index contributed by atoms with van der Waals surface area (Å²) in [6.45, 7) is 0.603. The van der Waals surface area contributed by atoms with Crippen molar-refractivity contribution in [2.75, 3.05) is 13.7 Å². The number of methoxy groups -OCH3 is 1. The normalized spacial score (nSPS) is 27.7. The van der Waals surface area contributed by atoms with E-state index in [9.17, 15) is 9.59 Å². The molecule has 1 amide bonds. The molecule has 2 aliphatic rings. The molecule has 2 saturated heterocycles. The fraction of sp³-hybridized carbons (Fsp3) is 0.500. The van der Waals surface area contributed by atoms with Crippen molar-refractivity contribution in [2.24, 2.45) is 5.92 Å². The number of piperidine rings is 1. The van der Waals surface area contributed by atoms with Gasteiger partial charge < -0.3 is 14.4 Å². The third-order valence-electron chi connectivity index (χ3n) is 4.66. The smallest absolute Gasteiger partial charge is 0.223 e. The van der Waals surface area contributed by atoms with Gasteiger partial charge in [0.1, 0.15) is 12.0 Å². The first-order chi connectivity index (χ1) is 10.5. The van der Waals surface area contributed by atoms with Gasteiger partial charge in [-0.1, -0.05) is 23.2 Å². The zero-order valence-electron chi connectivity index (χ0n) is 12.2. The van der Waals surface area contributed by atoms with E-state index in [1.165, 1.54) is 0 Å². The largest absolute Gasteiger partial charge is 0.496 e. The third-order valence-corrected chi connectivity index (χ3v) is 5.48. The van der Waals surface area contributed by atoms with Gasteiger partial charge in [0.25, 0.3) is 0 Å². The van der Waals surface area contributed by atoms with Crippen molar-refractivity contribution in [3.05, 3.63) is 27.7 Å². The topological polar surface area (TPSA) is 46.6 Å². The summed E-state index contributed by atoms with van der Waals surface area (Å²) in [6.07, 6.45) is 2.72. The van der Waals surface area contributed by atoms with Crippen LogP contribution in [0.4, 0.5) is 0 Å². The Morgan fingerprint density at radius 2 is 2.09 bits per heavy atom. The van der Waals surface area contributed by atoms with Crippen molar-refractivity contribution < 1.29 is 14.3 Å². The van der Waals surface area contributed by atoms with Gasteiger partial charge in [-0.15, -0.1) is 0 Å². The van der Waals surface area contributed by atoms with E-state index < -0.39 is 0 Å². The van der Waals surface area contributed by atoms with E-state index in [4.69, 9.17) is 27.9 Å². The van der Waals surface area contributed by atoms with Crippen LogP contribution in [0.5, 0.6) is 5.75 Å². The predicted octanol–water partition coefficient (Wildman–Crippen LogP) is 3.30. The van der Waals surface area contributed by atoms with E-state index in [1.54, 1.807) is 19.2 Å². The Kier molecular flexibility index (Phi) is 4.33. The number of fused-ring (bicyclic) bond motifs is 1. The van der Waals surface area contributed by atoms with Crippen LogP contribution in [0, 0.1) is 5.92 Å². The van der Waals surface area contributed by atoms with E-state index in [1.807, 2.05) is 4.90 Å². The minimum atomic E-state index is -0.163. The van der Waals surface area contributed by atoms with Crippen LogP contribution in [0.15, 0.2) is 12.1 Å². The first-order valence-corrected chi connectivity index (χ1v) is 8.07. The van der Waals surface area contributed by atoms with Crippen LogP contribution < -0.4 is 4.74 Å². The standard InChI is InChI=1S/C16H17Cl2NO3/c1-22-13-3-2-12(17)16(18)15(13)10-6-11-4-9(8-20)5-14(21)19(11)7-10/h2-3,8-11H,4-7H2,1H3/t9-,10-,11+/m0/s1. The number of hydrogen-bond acceptors (Lipinski definition) is 3. The Balaban J connectivity index is 1.91. The molecule has 2 heterocycles. The Morgan fingerprint density at radius 3 is 2.77 bits per heavy atom. The first kappa shape index (κ1) is 15.6. The van der Waals surface area contributed by atoms with Crippen molar-refractivity contribution in [1.29, 1.82) is 0 Å². The molecule has 6 heteroatoms. The van der Waals surface area contributed by atoms with Gasteiger partial charge >= 0.3 is 0 Å². The Labute approximate surface area is 139 Å². The lowest BCUT2D eigenvalue weighted by molar-refractivity contribution is -0.138. The quantitative estimate of drug-likeness (QED) is 0.792. The molecule has 22 heavy (non-hydrogen) atoms. The highest BCUT2D eigenvalue weighted by molar-refractivity contribution is 6.42. The van der Waals surface area contributed by atoms with Gasteiger partial charge in [-0.25, -0.2) is 0 Å². The fourth-order valence-corrected chi connectivity index (χ4v) is 4.12. The maximum atomic E-state index is 12.2. The second-order valence-corrected chi connectivity index (χ2v) is 6.73. The Bertz CT molecular complexity index is 620. The number of amides is 1. The maximum Gasteiger partial charge on any atom is 0.223 e. The van der Waals surface area contributed by atoms with E-state index in [0.29, 0.717) is 28.8 Å². The monoisotopic (exact) mass is 341 g/mol. The van der Waals surface area contributed by atoms with E-state index >= 15 is 0 Å². The number of nitrogens with zero attached hydrogens (tertiary/aromatic N) is 1. The lowest BCUT2D eigenvalue weighted by Gasteiger charge is -2.32.